The molecule has 1 fully saturated rings. The zero-order chi connectivity index (χ0) is 11.2. The van der Waals surface area contributed by atoms with E-state index >= 15 is 0 Å². The van der Waals surface area contributed by atoms with Gasteiger partial charge in [-0.3, -0.25) is 4.68 Å². The number of aryl methyl sites for hydroxylation is 1. The van der Waals surface area contributed by atoms with Crippen molar-refractivity contribution < 1.29 is 0 Å². The van der Waals surface area contributed by atoms with Crippen LogP contribution in [0.2, 0.25) is 0 Å². The highest BCUT2D eigenvalue weighted by Crippen LogP contribution is 2.33. The lowest BCUT2D eigenvalue weighted by Crippen LogP contribution is -2.18. The Bertz CT molecular complexity index is 302. The number of hydrogen-bond donors (Lipinski definition) is 1. The summed E-state index contributed by atoms with van der Waals surface area (Å²) in [7, 11) is 0. The van der Waals surface area contributed by atoms with Crippen LogP contribution in [0.5, 0.6) is 0 Å². The molecule has 1 heterocycles. The van der Waals surface area contributed by atoms with Crippen LogP contribution in [-0.2, 0) is 13.1 Å². The van der Waals surface area contributed by atoms with Crippen LogP contribution >= 0.6 is 0 Å². The van der Waals surface area contributed by atoms with Crippen LogP contribution in [0.1, 0.15) is 44.7 Å². The van der Waals surface area contributed by atoms with Crippen molar-refractivity contribution in [3.63, 3.8) is 0 Å². The molecule has 0 radical (unpaired) electrons. The third kappa shape index (κ3) is 3.63. The van der Waals surface area contributed by atoms with E-state index in [1.165, 1.54) is 31.4 Å². The highest BCUT2D eigenvalue weighted by molar-refractivity contribution is 4.99. The molecule has 1 saturated carbocycles. The zero-order valence-corrected chi connectivity index (χ0v) is 10.3. The van der Waals surface area contributed by atoms with Crippen LogP contribution in [0, 0.1) is 5.92 Å². The predicted molar refractivity (Wildman–Crippen MR) is 66.2 cm³/mol. The second kappa shape index (κ2) is 6.04. The summed E-state index contributed by atoms with van der Waals surface area (Å²) in [4.78, 5) is 0. The number of hydrogen-bond acceptors (Lipinski definition) is 2. The molecular weight excluding hydrogens is 198 g/mol. The Hall–Kier alpha value is -0.830. The summed E-state index contributed by atoms with van der Waals surface area (Å²) in [6.45, 7) is 5.33. The Morgan fingerprint density at radius 3 is 3.12 bits per heavy atom. The fraction of sp³-hybridized carbons (Fsp3) is 0.769. The van der Waals surface area contributed by atoms with E-state index in [1.54, 1.807) is 0 Å². The Labute approximate surface area is 98.2 Å². The predicted octanol–water partition coefficient (Wildman–Crippen LogP) is 2.57. The van der Waals surface area contributed by atoms with Gasteiger partial charge in [0, 0.05) is 19.3 Å². The van der Waals surface area contributed by atoms with Crippen molar-refractivity contribution in [2.45, 2.75) is 52.1 Å². The van der Waals surface area contributed by atoms with Gasteiger partial charge in [0.15, 0.2) is 0 Å². The van der Waals surface area contributed by atoms with Gasteiger partial charge in [-0.2, -0.15) is 5.10 Å². The highest BCUT2D eigenvalue weighted by atomic mass is 15.3. The molecule has 0 bridgehead atoms. The summed E-state index contributed by atoms with van der Waals surface area (Å²) < 4.78 is 2.11. The maximum absolute atomic E-state index is 4.32. The van der Waals surface area contributed by atoms with E-state index in [9.17, 15) is 0 Å². The second-order valence-electron chi connectivity index (χ2n) is 4.81. The van der Waals surface area contributed by atoms with Crippen LogP contribution in [0.3, 0.4) is 0 Å². The Balaban J connectivity index is 1.61. The van der Waals surface area contributed by atoms with E-state index in [-0.39, 0.29) is 0 Å². The standard InChI is InChI=1S/C13H23N3/c1-2-10-16-13(7-9-15-16)11-14-8-3-4-12-5-6-12/h7,9,12,14H,2-6,8,10-11H2,1H3. The van der Waals surface area contributed by atoms with Gasteiger partial charge in [-0.15, -0.1) is 0 Å². The largest absolute Gasteiger partial charge is 0.311 e. The first-order valence-electron chi connectivity index (χ1n) is 6.61. The first-order valence-corrected chi connectivity index (χ1v) is 6.61. The van der Waals surface area contributed by atoms with Crippen molar-refractivity contribution in [2.24, 2.45) is 5.92 Å². The average Bonchev–Trinajstić information content (AvgIpc) is 3.00. The summed E-state index contributed by atoms with van der Waals surface area (Å²) in [5.74, 6) is 1.06. The molecule has 2 rings (SSSR count). The van der Waals surface area contributed by atoms with Crippen LogP contribution in [0.25, 0.3) is 0 Å². The number of nitrogens with one attached hydrogen (secondary N) is 1. The molecule has 0 spiro atoms. The van der Waals surface area contributed by atoms with Crippen LogP contribution in [0.4, 0.5) is 0 Å². The minimum absolute atomic E-state index is 0.963. The molecule has 0 unspecified atom stereocenters. The van der Waals surface area contributed by atoms with Crippen LogP contribution < -0.4 is 5.32 Å². The molecule has 0 saturated heterocycles. The quantitative estimate of drug-likeness (QED) is 0.684. The highest BCUT2D eigenvalue weighted by Gasteiger charge is 2.19. The van der Waals surface area contributed by atoms with E-state index in [0.29, 0.717) is 0 Å². The maximum atomic E-state index is 4.32. The lowest BCUT2D eigenvalue weighted by Gasteiger charge is -2.07. The molecule has 1 aliphatic rings. The molecular formula is C13H23N3. The van der Waals surface area contributed by atoms with Crippen molar-refractivity contribution in [3.05, 3.63) is 18.0 Å². The summed E-state index contributed by atoms with van der Waals surface area (Å²) in [5, 5.41) is 7.83. The lowest BCUT2D eigenvalue weighted by molar-refractivity contribution is 0.536. The molecule has 90 valence electrons. The molecule has 0 aliphatic heterocycles. The Morgan fingerprint density at radius 1 is 1.50 bits per heavy atom. The number of rotatable bonds is 8. The minimum Gasteiger partial charge on any atom is -0.311 e. The third-order valence-electron chi connectivity index (χ3n) is 3.21. The van der Waals surface area contributed by atoms with Gasteiger partial charge in [0.2, 0.25) is 0 Å². The van der Waals surface area contributed by atoms with Crippen molar-refractivity contribution in [1.82, 2.24) is 15.1 Å². The summed E-state index contributed by atoms with van der Waals surface area (Å²) >= 11 is 0. The molecule has 1 aromatic rings. The molecule has 3 nitrogen and oxygen atoms in total. The summed E-state index contributed by atoms with van der Waals surface area (Å²) in [6.07, 6.45) is 8.74. The fourth-order valence-corrected chi connectivity index (χ4v) is 2.06. The molecule has 3 heteroatoms. The van der Waals surface area contributed by atoms with Gasteiger partial charge in [0.05, 0.1) is 5.69 Å². The van der Waals surface area contributed by atoms with Gasteiger partial charge in [-0.05, 0) is 37.8 Å². The normalized spacial score (nSPS) is 15.6. The van der Waals surface area contributed by atoms with Gasteiger partial charge in [-0.1, -0.05) is 19.8 Å². The van der Waals surface area contributed by atoms with E-state index in [4.69, 9.17) is 0 Å². The monoisotopic (exact) mass is 221 g/mol. The van der Waals surface area contributed by atoms with Crippen molar-refractivity contribution in [2.75, 3.05) is 6.54 Å². The van der Waals surface area contributed by atoms with Crippen molar-refractivity contribution in [3.8, 4) is 0 Å². The van der Waals surface area contributed by atoms with E-state index in [1.807, 2.05) is 6.20 Å². The Morgan fingerprint density at radius 2 is 2.38 bits per heavy atom. The molecule has 1 N–H and O–H groups in total. The van der Waals surface area contributed by atoms with E-state index < -0.39 is 0 Å². The fourth-order valence-electron chi connectivity index (χ4n) is 2.06. The summed E-state index contributed by atoms with van der Waals surface area (Å²) in [6, 6.07) is 2.11. The van der Waals surface area contributed by atoms with Crippen molar-refractivity contribution >= 4 is 0 Å². The second-order valence-corrected chi connectivity index (χ2v) is 4.81. The van der Waals surface area contributed by atoms with Gasteiger partial charge in [0.1, 0.15) is 0 Å². The van der Waals surface area contributed by atoms with Crippen LogP contribution in [0.15, 0.2) is 12.3 Å². The SMILES string of the molecule is CCCn1nccc1CNCCCC1CC1. The van der Waals surface area contributed by atoms with E-state index in [2.05, 4.69) is 28.1 Å². The molecule has 0 aromatic carbocycles. The van der Waals surface area contributed by atoms with Crippen molar-refractivity contribution in [1.29, 1.82) is 0 Å². The molecule has 1 aliphatic carbocycles. The number of aromatic nitrogens is 2. The first kappa shape index (κ1) is 11.6. The number of nitrogens with zero attached hydrogens (tertiary/aromatic N) is 2. The Kier molecular flexibility index (Phi) is 4.40. The van der Waals surface area contributed by atoms with Gasteiger partial charge in [-0.25, -0.2) is 0 Å². The van der Waals surface area contributed by atoms with Gasteiger partial charge >= 0.3 is 0 Å². The molecule has 16 heavy (non-hydrogen) atoms. The molecule has 1 aromatic heterocycles. The topological polar surface area (TPSA) is 29.9 Å². The minimum atomic E-state index is 0.963. The summed E-state index contributed by atoms with van der Waals surface area (Å²) in [5.41, 5.74) is 1.31. The van der Waals surface area contributed by atoms with E-state index in [0.717, 1.165) is 32.0 Å². The zero-order valence-electron chi connectivity index (χ0n) is 10.3. The lowest BCUT2D eigenvalue weighted by atomic mass is 10.2. The maximum Gasteiger partial charge on any atom is 0.0522 e. The molecule has 0 amide bonds. The van der Waals surface area contributed by atoms with Gasteiger partial charge < -0.3 is 5.32 Å². The third-order valence-corrected chi connectivity index (χ3v) is 3.21. The average molecular weight is 221 g/mol. The first-order chi connectivity index (χ1) is 7.90. The van der Waals surface area contributed by atoms with Gasteiger partial charge in [0.25, 0.3) is 0 Å². The van der Waals surface area contributed by atoms with Crippen LogP contribution in [-0.4, -0.2) is 16.3 Å². The molecule has 0 atom stereocenters. The smallest absolute Gasteiger partial charge is 0.0522 e.